The van der Waals surface area contributed by atoms with E-state index in [0.717, 1.165) is 16.2 Å². The van der Waals surface area contributed by atoms with Gasteiger partial charge in [-0.25, -0.2) is 4.98 Å². The summed E-state index contributed by atoms with van der Waals surface area (Å²) in [4.78, 5) is 30.0. The third-order valence-electron chi connectivity index (χ3n) is 4.12. The maximum absolute atomic E-state index is 12.6. The molecule has 2 aromatic carbocycles. The van der Waals surface area contributed by atoms with Crippen LogP contribution < -0.4 is 10.6 Å². The second-order valence-corrected chi connectivity index (χ2v) is 8.69. The SMILES string of the molecule is CCC(Sc1cccc(NC(=O)/C=C/c2ccccc2)c1)C(=O)Nc1nc(C)cs1. The summed E-state index contributed by atoms with van der Waals surface area (Å²) in [6.07, 6.45) is 3.95. The molecule has 0 saturated heterocycles. The fraction of sp³-hybridized carbons (Fsp3) is 0.174. The van der Waals surface area contributed by atoms with Gasteiger partial charge in [-0.2, -0.15) is 0 Å². The monoisotopic (exact) mass is 437 g/mol. The molecule has 3 rings (SSSR count). The Balaban J connectivity index is 1.60. The summed E-state index contributed by atoms with van der Waals surface area (Å²) in [7, 11) is 0. The number of anilines is 2. The van der Waals surface area contributed by atoms with Crippen LogP contribution in [-0.4, -0.2) is 22.0 Å². The Bertz CT molecular complexity index is 1030. The Labute approximate surface area is 184 Å². The van der Waals surface area contributed by atoms with Crippen LogP contribution in [0, 0.1) is 6.92 Å². The predicted octanol–water partition coefficient (Wildman–Crippen LogP) is 5.61. The van der Waals surface area contributed by atoms with E-state index >= 15 is 0 Å². The number of carbonyl (C=O) groups excluding carboxylic acids is 2. The van der Waals surface area contributed by atoms with Crippen LogP contribution in [0.2, 0.25) is 0 Å². The molecule has 0 saturated carbocycles. The van der Waals surface area contributed by atoms with Crippen molar-refractivity contribution in [2.45, 2.75) is 30.4 Å². The zero-order valence-electron chi connectivity index (χ0n) is 16.8. The number of aryl methyl sites for hydroxylation is 1. The molecule has 0 spiro atoms. The molecule has 5 nitrogen and oxygen atoms in total. The summed E-state index contributed by atoms with van der Waals surface area (Å²) in [5.74, 6) is -0.276. The summed E-state index contributed by atoms with van der Waals surface area (Å²) in [6, 6.07) is 17.2. The average Bonchev–Trinajstić information content (AvgIpc) is 3.16. The summed E-state index contributed by atoms with van der Waals surface area (Å²) in [5, 5.41) is 8.02. The van der Waals surface area contributed by atoms with E-state index in [9.17, 15) is 9.59 Å². The first-order valence-electron chi connectivity index (χ1n) is 9.57. The number of carbonyl (C=O) groups is 2. The van der Waals surface area contributed by atoms with E-state index in [1.807, 2.05) is 73.8 Å². The van der Waals surface area contributed by atoms with Crippen LogP contribution in [0.1, 0.15) is 24.6 Å². The lowest BCUT2D eigenvalue weighted by atomic mass is 10.2. The van der Waals surface area contributed by atoms with E-state index in [1.54, 1.807) is 6.08 Å². The van der Waals surface area contributed by atoms with Crippen LogP contribution >= 0.6 is 23.1 Å². The number of aromatic nitrogens is 1. The number of nitrogens with one attached hydrogen (secondary N) is 2. The molecule has 2 N–H and O–H groups in total. The minimum absolute atomic E-state index is 0.0721. The maximum atomic E-state index is 12.6. The third-order valence-corrected chi connectivity index (χ3v) is 6.35. The smallest absolute Gasteiger partial charge is 0.248 e. The number of thiazole rings is 1. The second kappa shape index (κ2) is 10.8. The van der Waals surface area contributed by atoms with Crippen molar-refractivity contribution in [2.24, 2.45) is 0 Å². The van der Waals surface area contributed by atoms with Gasteiger partial charge in [0.15, 0.2) is 5.13 Å². The average molecular weight is 438 g/mol. The Kier molecular flexibility index (Phi) is 7.82. The lowest BCUT2D eigenvalue weighted by Gasteiger charge is -2.14. The zero-order valence-corrected chi connectivity index (χ0v) is 18.4. The molecular formula is C23H23N3O2S2. The first-order chi connectivity index (χ1) is 14.5. The maximum Gasteiger partial charge on any atom is 0.248 e. The molecule has 2 amide bonds. The van der Waals surface area contributed by atoms with Crippen LogP contribution in [0.3, 0.4) is 0 Å². The second-order valence-electron chi connectivity index (χ2n) is 6.56. The number of thioether (sulfide) groups is 1. The van der Waals surface area contributed by atoms with Crippen LogP contribution in [0.4, 0.5) is 10.8 Å². The summed E-state index contributed by atoms with van der Waals surface area (Å²) >= 11 is 2.89. The highest BCUT2D eigenvalue weighted by Crippen LogP contribution is 2.29. The minimum atomic E-state index is -0.252. The summed E-state index contributed by atoms with van der Waals surface area (Å²) in [6.45, 7) is 3.87. The van der Waals surface area contributed by atoms with Crippen molar-refractivity contribution in [3.63, 3.8) is 0 Å². The lowest BCUT2D eigenvalue weighted by Crippen LogP contribution is -2.24. The summed E-state index contributed by atoms with van der Waals surface area (Å²) in [5.41, 5.74) is 2.54. The van der Waals surface area contributed by atoms with E-state index < -0.39 is 0 Å². The largest absolute Gasteiger partial charge is 0.322 e. The fourth-order valence-corrected chi connectivity index (χ4v) is 4.36. The van der Waals surface area contributed by atoms with E-state index in [4.69, 9.17) is 0 Å². The van der Waals surface area contributed by atoms with Gasteiger partial charge in [-0.15, -0.1) is 23.1 Å². The number of benzene rings is 2. The molecular weight excluding hydrogens is 414 g/mol. The number of nitrogens with zero attached hydrogens (tertiary/aromatic N) is 1. The molecule has 0 bridgehead atoms. The molecule has 0 aliphatic carbocycles. The standard InChI is InChI=1S/C23H23N3O2S2/c1-3-20(22(28)26-23-24-16(2)15-29-23)30-19-11-7-10-18(14-19)25-21(27)13-12-17-8-5-4-6-9-17/h4-15,20H,3H2,1-2H3,(H,25,27)(H,24,26,28)/b13-12+. The molecule has 1 unspecified atom stereocenters. The Morgan fingerprint density at radius 2 is 1.93 bits per heavy atom. The van der Waals surface area contributed by atoms with Crippen molar-refractivity contribution in [3.8, 4) is 0 Å². The molecule has 154 valence electrons. The molecule has 0 radical (unpaired) electrons. The molecule has 1 aromatic heterocycles. The van der Waals surface area contributed by atoms with E-state index in [2.05, 4.69) is 15.6 Å². The van der Waals surface area contributed by atoms with E-state index in [-0.39, 0.29) is 17.1 Å². The fourth-order valence-electron chi connectivity index (χ4n) is 2.65. The quantitative estimate of drug-likeness (QED) is 0.355. The normalized spacial score (nSPS) is 11.9. The van der Waals surface area contributed by atoms with Gasteiger partial charge in [0.25, 0.3) is 0 Å². The number of hydrogen-bond donors (Lipinski definition) is 2. The number of amides is 2. The topological polar surface area (TPSA) is 71.1 Å². The first-order valence-corrected chi connectivity index (χ1v) is 11.3. The van der Waals surface area contributed by atoms with Gasteiger partial charge in [-0.05, 0) is 43.2 Å². The zero-order chi connectivity index (χ0) is 21.3. The van der Waals surface area contributed by atoms with Crippen LogP contribution in [0.25, 0.3) is 6.08 Å². The molecule has 0 aliphatic rings. The van der Waals surface area contributed by atoms with Gasteiger partial charge in [0, 0.05) is 22.0 Å². The van der Waals surface area contributed by atoms with Gasteiger partial charge in [0.05, 0.1) is 10.9 Å². The summed E-state index contributed by atoms with van der Waals surface area (Å²) < 4.78 is 0. The first kappa shape index (κ1) is 21.8. The van der Waals surface area contributed by atoms with Crippen LogP contribution in [0.15, 0.2) is 70.9 Å². The molecule has 30 heavy (non-hydrogen) atoms. The van der Waals surface area contributed by atoms with E-state index in [0.29, 0.717) is 17.2 Å². The van der Waals surface area contributed by atoms with Crippen molar-refractivity contribution in [2.75, 3.05) is 10.6 Å². The molecule has 1 heterocycles. The molecule has 0 fully saturated rings. The third kappa shape index (κ3) is 6.57. The van der Waals surface area contributed by atoms with Crippen molar-refractivity contribution < 1.29 is 9.59 Å². The molecule has 0 aliphatic heterocycles. The van der Waals surface area contributed by atoms with Gasteiger partial charge >= 0.3 is 0 Å². The van der Waals surface area contributed by atoms with Gasteiger partial charge in [0.1, 0.15) is 0 Å². The predicted molar refractivity (Wildman–Crippen MR) is 126 cm³/mol. The van der Waals surface area contributed by atoms with Crippen molar-refractivity contribution in [1.82, 2.24) is 4.98 Å². The number of hydrogen-bond acceptors (Lipinski definition) is 5. The van der Waals surface area contributed by atoms with Crippen LogP contribution in [-0.2, 0) is 9.59 Å². The van der Waals surface area contributed by atoms with Gasteiger partial charge in [0.2, 0.25) is 11.8 Å². The molecule has 3 aromatic rings. The Hall–Kier alpha value is -2.90. The molecule has 1 atom stereocenters. The van der Waals surface area contributed by atoms with Crippen molar-refractivity contribution >= 4 is 51.8 Å². The lowest BCUT2D eigenvalue weighted by molar-refractivity contribution is -0.115. The highest BCUT2D eigenvalue weighted by molar-refractivity contribution is 8.00. The molecule has 7 heteroatoms. The van der Waals surface area contributed by atoms with Crippen molar-refractivity contribution in [3.05, 3.63) is 77.3 Å². The van der Waals surface area contributed by atoms with Gasteiger partial charge < -0.3 is 10.6 Å². The van der Waals surface area contributed by atoms with Crippen LogP contribution in [0.5, 0.6) is 0 Å². The Morgan fingerprint density at radius 3 is 2.63 bits per heavy atom. The Morgan fingerprint density at radius 1 is 1.13 bits per heavy atom. The van der Waals surface area contributed by atoms with Crippen molar-refractivity contribution in [1.29, 1.82) is 0 Å². The highest BCUT2D eigenvalue weighted by atomic mass is 32.2. The van der Waals surface area contributed by atoms with Gasteiger partial charge in [-0.1, -0.05) is 43.3 Å². The minimum Gasteiger partial charge on any atom is -0.322 e. The number of rotatable bonds is 8. The van der Waals surface area contributed by atoms with Gasteiger partial charge in [-0.3, -0.25) is 9.59 Å². The highest BCUT2D eigenvalue weighted by Gasteiger charge is 2.19. The van der Waals surface area contributed by atoms with E-state index in [1.165, 1.54) is 29.2 Å².